The maximum Gasteiger partial charge on any atom is 0.155 e. The fourth-order valence-corrected chi connectivity index (χ4v) is 4.13. The fourth-order valence-electron chi connectivity index (χ4n) is 4.13. The molecule has 3 aliphatic rings. The number of aliphatic hydroxyl groups is 1. The summed E-state index contributed by atoms with van der Waals surface area (Å²) in [5, 5.41) is 9.69. The van der Waals surface area contributed by atoms with Crippen molar-refractivity contribution in [3.05, 3.63) is 0 Å². The van der Waals surface area contributed by atoms with Crippen molar-refractivity contribution in [2.75, 3.05) is 0 Å². The van der Waals surface area contributed by atoms with Gasteiger partial charge in [0.1, 0.15) is 5.78 Å². The minimum atomic E-state index is -0.642. The maximum absolute atomic E-state index is 11.6. The molecule has 3 heteroatoms. The average molecular weight is 210 g/mol. The number of rotatable bonds is 0. The molecule has 1 aliphatic heterocycles. The van der Waals surface area contributed by atoms with Crippen molar-refractivity contribution in [2.24, 2.45) is 10.8 Å². The number of carbonyl (C=O) groups excluding carboxylic acids is 1. The Morgan fingerprint density at radius 3 is 3.07 bits per heavy atom. The van der Waals surface area contributed by atoms with Crippen LogP contribution in [0.2, 0.25) is 0 Å². The van der Waals surface area contributed by atoms with Crippen LogP contribution in [0.1, 0.15) is 45.4 Å². The van der Waals surface area contributed by atoms with Crippen molar-refractivity contribution >= 4 is 5.78 Å². The summed E-state index contributed by atoms with van der Waals surface area (Å²) in [6.07, 6.45) is 4.58. The zero-order valence-corrected chi connectivity index (χ0v) is 9.16. The first kappa shape index (κ1) is 9.79. The van der Waals surface area contributed by atoms with Crippen molar-refractivity contribution in [2.45, 2.75) is 57.8 Å². The molecule has 0 aromatic rings. The lowest BCUT2D eigenvalue weighted by molar-refractivity contribution is -0.237. The Kier molecular flexibility index (Phi) is 1.85. The van der Waals surface area contributed by atoms with Gasteiger partial charge in [0.15, 0.2) is 6.29 Å². The average Bonchev–Trinajstić information content (AvgIpc) is 2.32. The van der Waals surface area contributed by atoms with Gasteiger partial charge in [0.2, 0.25) is 0 Å². The molecule has 2 bridgehead atoms. The summed E-state index contributed by atoms with van der Waals surface area (Å²) in [6.45, 7) is 2.25. The third kappa shape index (κ3) is 1.11. The van der Waals surface area contributed by atoms with Crippen molar-refractivity contribution in [3.8, 4) is 0 Å². The number of aliphatic hydroxyl groups excluding tert-OH is 1. The van der Waals surface area contributed by atoms with Crippen LogP contribution in [0.3, 0.4) is 0 Å². The summed E-state index contributed by atoms with van der Waals surface area (Å²) in [5.74, 6) is 0.377. The number of ketones is 1. The van der Waals surface area contributed by atoms with Crippen LogP contribution in [-0.4, -0.2) is 23.3 Å². The highest BCUT2D eigenvalue weighted by atomic mass is 16.6. The minimum Gasteiger partial charge on any atom is -0.368 e. The topological polar surface area (TPSA) is 46.5 Å². The highest BCUT2D eigenvalue weighted by Crippen LogP contribution is 2.65. The predicted molar refractivity (Wildman–Crippen MR) is 54.1 cm³/mol. The second kappa shape index (κ2) is 2.83. The van der Waals surface area contributed by atoms with Gasteiger partial charge < -0.3 is 9.84 Å². The number of Topliss-reactive ketones (excluding diaryl/α,β-unsaturated/α-hetero) is 1. The van der Waals surface area contributed by atoms with E-state index in [4.69, 9.17) is 4.74 Å². The molecule has 3 fully saturated rings. The minimum absolute atomic E-state index is 0.0463. The molecular weight excluding hydrogens is 192 g/mol. The Hall–Kier alpha value is -0.410. The molecule has 84 valence electrons. The van der Waals surface area contributed by atoms with Crippen LogP contribution in [0.15, 0.2) is 0 Å². The maximum atomic E-state index is 11.6. The van der Waals surface area contributed by atoms with E-state index < -0.39 is 6.29 Å². The zero-order chi connectivity index (χ0) is 10.7. The monoisotopic (exact) mass is 210 g/mol. The van der Waals surface area contributed by atoms with Gasteiger partial charge >= 0.3 is 0 Å². The Morgan fingerprint density at radius 1 is 1.47 bits per heavy atom. The fraction of sp³-hybridized carbons (Fsp3) is 0.917. The van der Waals surface area contributed by atoms with Crippen molar-refractivity contribution in [3.63, 3.8) is 0 Å². The van der Waals surface area contributed by atoms with Gasteiger partial charge in [-0.3, -0.25) is 4.79 Å². The van der Waals surface area contributed by atoms with E-state index in [0.29, 0.717) is 25.0 Å². The van der Waals surface area contributed by atoms with E-state index in [1.807, 2.05) is 0 Å². The second-order valence-corrected chi connectivity index (χ2v) is 5.74. The molecule has 4 unspecified atom stereocenters. The molecule has 1 N–H and O–H groups in total. The standard InChI is InChI=1S/C12H18O3/c1-11-4-2-8(13)6-12(11)5-3-9(11)15-10(14)7-12/h9-10,14H,2-7H2,1H3. The van der Waals surface area contributed by atoms with E-state index in [2.05, 4.69) is 6.92 Å². The van der Waals surface area contributed by atoms with Crippen molar-refractivity contribution < 1.29 is 14.6 Å². The molecule has 0 spiro atoms. The van der Waals surface area contributed by atoms with Crippen LogP contribution in [0.5, 0.6) is 0 Å². The Morgan fingerprint density at radius 2 is 2.27 bits per heavy atom. The van der Waals surface area contributed by atoms with Gasteiger partial charge in [-0.2, -0.15) is 0 Å². The van der Waals surface area contributed by atoms with E-state index in [9.17, 15) is 9.90 Å². The Balaban J connectivity index is 2.01. The third-order valence-electron chi connectivity index (χ3n) is 5.15. The molecule has 2 saturated carbocycles. The van der Waals surface area contributed by atoms with Crippen LogP contribution in [0.25, 0.3) is 0 Å². The summed E-state index contributed by atoms with van der Waals surface area (Å²) in [7, 11) is 0. The normalized spacial score (nSPS) is 54.1. The zero-order valence-electron chi connectivity index (χ0n) is 9.16. The SMILES string of the molecule is CC12CCC(=O)CC13CCC2OC(O)C3. The van der Waals surface area contributed by atoms with Gasteiger partial charge in [-0.15, -0.1) is 0 Å². The molecule has 3 rings (SSSR count). The van der Waals surface area contributed by atoms with E-state index in [1.54, 1.807) is 0 Å². The molecule has 3 nitrogen and oxygen atoms in total. The highest BCUT2D eigenvalue weighted by molar-refractivity contribution is 5.80. The molecule has 1 heterocycles. The number of hydrogen-bond acceptors (Lipinski definition) is 3. The number of hydrogen-bond donors (Lipinski definition) is 1. The molecular formula is C12H18O3. The van der Waals surface area contributed by atoms with Gasteiger partial charge in [-0.05, 0) is 24.7 Å². The largest absolute Gasteiger partial charge is 0.368 e. The molecule has 0 aromatic carbocycles. The molecule has 2 aliphatic carbocycles. The number of carbonyl (C=O) groups is 1. The van der Waals surface area contributed by atoms with Crippen molar-refractivity contribution in [1.29, 1.82) is 0 Å². The van der Waals surface area contributed by atoms with Crippen LogP contribution in [0.4, 0.5) is 0 Å². The van der Waals surface area contributed by atoms with E-state index in [0.717, 1.165) is 19.3 Å². The molecule has 0 amide bonds. The van der Waals surface area contributed by atoms with Crippen LogP contribution < -0.4 is 0 Å². The lowest BCUT2D eigenvalue weighted by Gasteiger charge is -2.53. The van der Waals surface area contributed by atoms with Gasteiger partial charge in [-0.1, -0.05) is 6.92 Å². The Labute approximate surface area is 89.8 Å². The second-order valence-electron chi connectivity index (χ2n) is 5.74. The molecule has 15 heavy (non-hydrogen) atoms. The lowest BCUT2D eigenvalue weighted by Crippen LogP contribution is -2.53. The number of ether oxygens (including phenoxy) is 1. The van der Waals surface area contributed by atoms with Crippen LogP contribution in [0, 0.1) is 10.8 Å². The predicted octanol–water partition coefficient (Wildman–Crippen LogP) is 1.63. The molecule has 1 saturated heterocycles. The quantitative estimate of drug-likeness (QED) is 0.661. The molecule has 0 radical (unpaired) electrons. The van der Waals surface area contributed by atoms with Crippen molar-refractivity contribution in [1.82, 2.24) is 0 Å². The van der Waals surface area contributed by atoms with E-state index in [1.165, 1.54) is 0 Å². The summed E-state index contributed by atoms with van der Waals surface area (Å²) >= 11 is 0. The van der Waals surface area contributed by atoms with E-state index in [-0.39, 0.29) is 16.9 Å². The van der Waals surface area contributed by atoms with Crippen LogP contribution >= 0.6 is 0 Å². The lowest BCUT2D eigenvalue weighted by atomic mass is 9.55. The third-order valence-corrected chi connectivity index (χ3v) is 5.15. The van der Waals surface area contributed by atoms with Gasteiger partial charge in [0, 0.05) is 24.7 Å². The Bertz CT molecular complexity index is 314. The first-order valence-electron chi connectivity index (χ1n) is 5.91. The summed E-state index contributed by atoms with van der Waals surface area (Å²) in [5.41, 5.74) is 0.185. The summed E-state index contributed by atoms with van der Waals surface area (Å²) in [6, 6.07) is 0. The van der Waals surface area contributed by atoms with Gasteiger partial charge in [0.25, 0.3) is 0 Å². The highest BCUT2D eigenvalue weighted by Gasteiger charge is 2.63. The molecule has 4 atom stereocenters. The first-order chi connectivity index (χ1) is 7.06. The van der Waals surface area contributed by atoms with Gasteiger partial charge in [0.05, 0.1) is 6.10 Å². The van der Waals surface area contributed by atoms with Gasteiger partial charge in [-0.25, -0.2) is 0 Å². The first-order valence-corrected chi connectivity index (χ1v) is 5.91. The summed E-state index contributed by atoms with van der Waals surface area (Å²) < 4.78 is 5.62. The summed E-state index contributed by atoms with van der Waals surface area (Å²) in [4.78, 5) is 11.6. The van der Waals surface area contributed by atoms with E-state index >= 15 is 0 Å². The molecule has 0 aromatic heterocycles. The van der Waals surface area contributed by atoms with Crippen LogP contribution in [-0.2, 0) is 9.53 Å². The smallest absolute Gasteiger partial charge is 0.155 e.